The number of allylic oxidation sites excluding steroid dienone is 4. The van der Waals surface area contributed by atoms with Crippen LogP contribution in [-0.2, 0) is 5.41 Å². The van der Waals surface area contributed by atoms with Gasteiger partial charge in [0.25, 0.3) is 0 Å². The van der Waals surface area contributed by atoms with E-state index in [1.807, 2.05) is 12.1 Å². The smallest absolute Gasteiger partial charge is 0.335 e. The molecular weight excluding hydrogens is 536 g/mol. The Hall–Kier alpha value is -4.69. The predicted molar refractivity (Wildman–Crippen MR) is 185 cm³/mol. The van der Waals surface area contributed by atoms with E-state index >= 15 is 0 Å². The molecule has 218 valence electrons. The van der Waals surface area contributed by atoms with Gasteiger partial charge in [-0.2, -0.15) is 0 Å². The SMILES string of the molecule is C=C(c1ccc(C(=O)O)cc1)c1c(-c2cc3ccc4c(c3cc2C)C(C)(C)CC2=C4C=CC(C)(C)C2)ccc2ccccc12. The quantitative estimate of drug-likeness (QED) is 0.232. The van der Waals surface area contributed by atoms with Gasteiger partial charge in [-0.05, 0) is 120 Å². The van der Waals surface area contributed by atoms with Gasteiger partial charge < -0.3 is 5.11 Å². The normalized spacial score (nSPS) is 16.6. The molecule has 2 heteroatoms. The van der Waals surface area contributed by atoms with Gasteiger partial charge in [-0.25, -0.2) is 4.79 Å². The summed E-state index contributed by atoms with van der Waals surface area (Å²) in [6.45, 7) is 16.3. The molecule has 7 rings (SSSR count). The molecule has 0 heterocycles. The predicted octanol–water partition coefficient (Wildman–Crippen LogP) is 11.1. The average Bonchev–Trinajstić information content (AvgIpc) is 2.98. The fourth-order valence-corrected chi connectivity index (χ4v) is 7.69. The highest BCUT2D eigenvalue weighted by Crippen LogP contribution is 2.51. The number of carboxylic acid groups (broad SMARTS) is 1. The van der Waals surface area contributed by atoms with Crippen LogP contribution in [0.3, 0.4) is 0 Å². The molecule has 2 aliphatic carbocycles. The largest absolute Gasteiger partial charge is 0.478 e. The number of carboxylic acids is 1. The maximum absolute atomic E-state index is 11.5. The highest BCUT2D eigenvalue weighted by molar-refractivity contribution is 6.06. The molecule has 0 amide bonds. The number of hydrogen-bond donors (Lipinski definition) is 1. The highest BCUT2D eigenvalue weighted by Gasteiger charge is 2.36. The molecule has 0 aromatic heterocycles. The van der Waals surface area contributed by atoms with E-state index in [1.54, 1.807) is 17.7 Å². The zero-order valence-corrected chi connectivity index (χ0v) is 26.2. The molecule has 0 unspecified atom stereocenters. The Balaban J connectivity index is 1.42. The summed E-state index contributed by atoms with van der Waals surface area (Å²) in [6.07, 6.45) is 6.95. The van der Waals surface area contributed by atoms with E-state index in [-0.39, 0.29) is 16.4 Å². The fraction of sp³-hybridized carbons (Fsp3) is 0.214. The molecule has 5 aromatic rings. The van der Waals surface area contributed by atoms with Gasteiger partial charge in [0.1, 0.15) is 0 Å². The Morgan fingerprint density at radius 1 is 0.750 bits per heavy atom. The van der Waals surface area contributed by atoms with Crippen LogP contribution in [0.2, 0.25) is 0 Å². The number of rotatable bonds is 4. The molecule has 5 aromatic carbocycles. The third-order valence-electron chi connectivity index (χ3n) is 9.74. The Morgan fingerprint density at radius 2 is 1.43 bits per heavy atom. The van der Waals surface area contributed by atoms with Gasteiger partial charge in [-0.15, -0.1) is 0 Å². The lowest BCUT2D eigenvalue weighted by Gasteiger charge is -2.40. The van der Waals surface area contributed by atoms with Crippen molar-refractivity contribution >= 4 is 38.7 Å². The van der Waals surface area contributed by atoms with Gasteiger partial charge in [-0.3, -0.25) is 0 Å². The average molecular weight is 575 g/mol. The first-order valence-corrected chi connectivity index (χ1v) is 15.5. The first kappa shape index (κ1) is 28.1. The highest BCUT2D eigenvalue weighted by atomic mass is 16.4. The standard InChI is InChI=1S/C42H38O2/c1-25-21-37-30(16-18-35-32-19-20-41(3,4)23-31(32)24-42(5,6)39(35)37)22-36(25)34-17-15-28-9-7-8-10-33(28)38(34)26(2)27-11-13-29(14-12-27)40(43)44/h7-22H,2,23-24H2,1,3-6H3,(H,43,44). The van der Waals surface area contributed by atoms with E-state index in [4.69, 9.17) is 0 Å². The first-order valence-electron chi connectivity index (χ1n) is 15.5. The number of benzene rings is 5. The van der Waals surface area contributed by atoms with E-state index in [0.717, 1.165) is 45.9 Å². The van der Waals surface area contributed by atoms with Crippen LogP contribution in [0.25, 0.3) is 43.8 Å². The van der Waals surface area contributed by atoms with Gasteiger partial charge in [0, 0.05) is 0 Å². The van der Waals surface area contributed by atoms with Crippen molar-refractivity contribution in [2.24, 2.45) is 5.41 Å². The summed E-state index contributed by atoms with van der Waals surface area (Å²) in [4.78, 5) is 11.5. The summed E-state index contributed by atoms with van der Waals surface area (Å²) >= 11 is 0. The molecule has 0 fully saturated rings. The molecule has 2 aliphatic rings. The van der Waals surface area contributed by atoms with Crippen LogP contribution in [0.15, 0.2) is 109 Å². The minimum absolute atomic E-state index is 0.0351. The maximum Gasteiger partial charge on any atom is 0.335 e. The van der Waals surface area contributed by atoms with Crippen molar-refractivity contribution < 1.29 is 9.90 Å². The van der Waals surface area contributed by atoms with E-state index in [0.29, 0.717) is 0 Å². The van der Waals surface area contributed by atoms with Crippen LogP contribution in [0.4, 0.5) is 0 Å². The van der Waals surface area contributed by atoms with E-state index < -0.39 is 5.97 Å². The molecule has 0 bridgehead atoms. The van der Waals surface area contributed by atoms with Crippen LogP contribution >= 0.6 is 0 Å². The van der Waals surface area contributed by atoms with E-state index in [1.165, 1.54) is 38.6 Å². The lowest BCUT2D eigenvalue weighted by Crippen LogP contribution is -2.27. The Bertz CT molecular complexity index is 2100. The second-order valence-corrected chi connectivity index (χ2v) is 14.0. The van der Waals surface area contributed by atoms with Crippen molar-refractivity contribution in [3.05, 3.63) is 143 Å². The second kappa shape index (κ2) is 9.92. The third-order valence-corrected chi connectivity index (χ3v) is 9.74. The van der Waals surface area contributed by atoms with Crippen LogP contribution < -0.4 is 0 Å². The van der Waals surface area contributed by atoms with Crippen molar-refractivity contribution in [2.45, 2.75) is 52.9 Å². The number of aryl methyl sites for hydroxylation is 1. The minimum Gasteiger partial charge on any atom is -0.478 e. The maximum atomic E-state index is 11.5. The molecule has 1 N–H and O–H groups in total. The van der Waals surface area contributed by atoms with Crippen molar-refractivity contribution in [2.75, 3.05) is 0 Å². The van der Waals surface area contributed by atoms with Crippen LogP contribution in [-0.4, -0.2) is 11.1 Å². The molecule has 0 atom stereocenters. The Morgan fingerprint density at radius 3 is 2.18 bits per heavy atom. The van der Waals surface area contributed by atoms with E-state index in [9.17, 15) is 9.90 Å². The Labute approximate surface area is 260 Å². The molecule has 0 saturated carbocycles. The zero-order valence-electron chi connectivity index (χ0n) is 26.2. The molecular formula is C42H38O2. The van der Waals surface area contributed by atoms with Crippen LogP contribution in [0.1, 0.15) is 78.7 Å². The summed E-state index contributed by atoms with van der Waals surface area (Å²) < 4.78 is 0. The Kier molecular flexibility index (Phi) is 6.34. The molecule has 44 heavy (non-hydrogen) atoms. The van der Waals surface area contributed by atoms with Crippen LogP contribution in [0, 0.1) is 12.3 Å². The summed E-state index contributed by atoms with van der Waals surface area (Å²) in [5.41, 5.74) is 12.8. The lowest BCUT2D eigenvalue weighted by molar-refractivity contribution is 0.0697. The van der Waals surface area contributed by atoms with Crippen molar-refractivity contribution in [1.82, 2.24) is 0 Å². The summed E-state index contributed by atoms with van der Waals surface area (Å²) in [7, 11) is 0. The van der Waals surface area contributed by atoms with Crippen molar-refractivity contribution in [3.8, 4) is 11.1 Å². The second-order valence-electron chi connectivity index (χ2n) is 14.0. The van der Waals surface area contributed by atoms with Gasteiger partial charge in [0.15, 0.2) is 0 Å². The molecule has 0 radical (unpaired) electrons. The van der Waals surface area contributed by atoms with E-state index in [2.05, 4.69) is 114 Å². The lowest BCUT2D eigenvalue weighted by atomic mass is 9.64. The zero-order chi connectivity index (χ0) is 31.0. The summed E-state index contributed by atoms with van der Waals surface area (Å²) in [5, 5.41) is 14.3. The first-order chi connectivity index (χ1) is 20.9. The van der Waals surface area contributed by atoms with Gasteiger partial charge in [0.2, 0.25) is 0 Å². The number of carbonyl (C=O) groups is 1. The summed E-state index contributed by atoms with van der Waals surface area (Å²) in [5.74, 6) is -0.930. The topological polar surface area (TPSA) is 37.3 Å². The third kappa shape index (κ3) is 4.52. The number of aromatic carboxylic acids is 1. The van der Waals surface area contributed by atoms with Crippen molar-refractivity contribution in [1.29, 1.82) is 0 Å². The number of hydrogen-bond acceptors (Lipinski definition) is 1. The van der Waals surface area contributed by atoms with Gasteiger partial charge in [-0.1, -0.05) is 119 Å². The van der Waals surface area contributed by atoms with Crippen molar-refractivity contribution in [3.63, 3.8) is 0 Å². The molecule has 0 aliphatic heterocycles. The van der Waals surface area contributed by atoms with Crippen LogP contribution in [0.5, 0.6) is 0 Å². The molecule has 2 nitrogen and oxygen atoms in total. The molecule has 0 spiro atoms. The monoisotopic (exact) mass is 574 g/mol. The summed E-state index contributed by atoms with van der Waals surface area (Å²) in [6, 6.07) is 29.3. The molecule has 0 saturated heterocycles. The fourth-order valence-electron chi connectivity index (χ4n) is 7.69. The number of fused-ring (bicyclic) bond motifs is 5. The van der Waals surface area contributed by atoms with Gasteiger partial charge >= 0.3 is 5.97 Å². The minimum atomic E-state index is -0.930. The van der Waals surface area contributed by atoms with Gasteiger partial charge in [0.05, 0.1) is 5.56 Å².